The highest BCUT2D eigenvalue weighted by atomic mass is 16.3. The van der Waals surface area contributed by atoms with Crippen molar-refractivity contribution in [2.45, 2.75) is 71.8 Å². The Hall–Kier alpha value is -0.480. The highest BCUT2D eigenvalue weighted by Gasteiger charge is 2.68. The van der Waals surface area contributed by atoms with E-state index in [4.69, 9.17) is 0 Å². The molecule has 0 unspecified atom stereocenters. The van der Waals surface area contributed by atoms with Gasteiger partial charge in [0.15, 0.2) is 0 Å². The molecule has 0 amide bonds. The molecule has 0 aromatic heterocycles. The van der Waals surface area contributed by atoms with Crippen molar-refractivity contribution in [1.82, 2.24) is 0 Å². The van der Waals surface area contributed by atoms with Gasteiger partial charge in [-0.2, -0.15) is 0 Å². The maximum Gasteiger partial charge on any atom is 0.131 e. The molecule has 0 saturated heterocycles. The maximum absolute atomic E-state index is 10.9. The van der Waals surface area contributed by atoms with Gasteiger partial charge >= 0.3 is 0 Å². The molecule has 1 N–H and O–H groups in total. The molecule has 0 spiro atoms. The molecule has 0 aromatic carbocycles. The molecule has 2 aliphatic rings. The van der Waals surface area contributed by atoms with Crippen LogP contribution < -0.4 is 0 Å². The zero-order chi connectivity index (χ0) is 12.7. The Balaban J connectivity index is 2.20. The van der Waals surface area contributed by atoms with Crippen LogP contribution in [0.3, 0.4) is 0 Å². The molecule has 0 heterocycles. The fraction of sp³-hybridized carbons (Fsp3) is 0.875. The van der Waals surface area contributed by atoms with Crippen LogP contribution in [0.5, 0.6) is 0 Å². The van der Waals surface area contributed by atoms with Gasteiger partial charge in [-0.1, -0.05) is 40.0 Å². The van der Waals surface area contributed by atoms with Crippen LogP contribution in [0.25, 0.3) is 0 Å². The van der Waals surface area contributed by atoms with Gasteiger partial charge in [-0.25, -0.2) is 0 Å². The van der Waals surface area contributed by atoms with E-state index < -0.39 is 5.60 Å². The van der Waals surface area contributed by atoms with Gasteiger partial charge in [0.05, 0.1) is 0 Å². The Morgan fingerprint density at radius 3 is 2.47 bits per heavy atom. The van der Waals surface area contributed by atoms with E-state index in [2.05, 4.69) is 39.5 Å². The number of unbranched alkanes of at least 4 members (excludes halogenated alkanes) is 2. The smallest absolute Gasteiger partial charge is 0.131 e. The van der Waals surface area contributed by atoms with Gasteiger partial charge in [-0.3, -0.25) is 0 Å². The van der Waals surface area contributed by atoms with Crippen molar-refractivity contribution in [3.63, 3.8) is 0 Å². The summed E-state index contributed by atoms with van der Waals surface area (Å²) < 4.78 is 0. The Labute approximate surface area is 106 Å². The van der Waals surface area contributed by atoms with Gasteiger partial charge in [-0.15, -0.1) is 5.92 Å². The molecule has 2 rings (SSSR count). The summed E-state index contributed by atoms with van der Waals surface area (Å²) in [6.07, 6.45) is 6.53. The second-order valence-electron chi connectivity index (χ2n) is 6.76. The molecule has 0 aliphatic heterocycles. The van der Waals surface area contributed by atoms with Gasteiger partial charge < -0.3 is 5.11 Å². The summed E-state index contributed by atoms with van der Waals surface area (Å²) in [5.74, 6) is 7.09. The van der Waals surface area contributed by atoms with E-state index in [1.54, 1.807) is 0 Å². The molecule has 2 aliphatic carbocycles. The van der Waals surface area contributed by atoms with Crippen molar-refractivity contribution in [1.29, 1.82) is 0 Å². The van der Waals surface area contributed by atoms with Crippen LogP contribution in [0.4, 0.5) is 0 Å². The average molecular weight is 234 g/mol. The van der Waals surface area contributed by atoms with Gasteiger partial charge in [0, 0.05) is 11.8 Å². The van der Waals surface area contributed by atoms with Crippen molar-refractivity contribution in [3.05, 3.63) is 0 Å². The predicted octanol–water partition coefficient (Wildman–Crippen LogP) is 3.76. The first kappa shape index (κ1) is 13.0. The minimum atomic E-state index is -0.729. The van der Waals surface area contributed by atoms with Gasteiger partial charge in [-0.05, 0) is 37.0 Å². The minimum Gasteiger partial charge on any atom is -0.377 e. The number of hydrogen-bond donors (Lipinski definition) is 1. The topological polar surface area (TPSA) is 20.2 Å². The summed E-state index contributed by atoms with van der Waals surface area (Å²) in [6, 6.07) is 0. The molecule has 3 atom stereocenters. The zero-order valence-electron chi connectivity index (χ0n) is 11.8. The molecular weight excluding hydrogens is 208 g/mol. The predicted molar refractivity (Wildman–Crippen MR) is 71.5 cm³/mol. The van der Waals surface area contributed by atoms with Crippen LogP contribution in [0.1, 0.15) is 66.2 Å². The first-order chi connectivity index (χ1) is 7.87. The van der Waals surface area contributed by atoms with E-state index in [9.17, 15) is 5.11 Å². The molecular formula is C16H26O. The lowest BCUT2D eigenvalue weighted by molar-refractivity contribution is -0.0433. The largest absolute Gasteiger partial charge is 0.377 e. The first-order valence-corrected chi connectivity index (χ1v) is 7.10. The number of fused-ring (bicyclic) bond motifs is 2. The number of hydrogen-bond acceptors (Lipinski definition) is 1. The molecule has 0 radical (unpaired) electrons. The van der Waals surface area contributed by atoms with Crippen molar-refractivity contribution in [2.75, 3.05) is 0 Å². The molecule has 1 nitrogen and oxygen atoms in total. The van der Waals surface area contributed by atoms with E-state index in [-0.39, 0.29) is 10.8 Å². The van der Waals surface area contributed by atoms with Crippen LogP contribution in [0.2, 0.25) is 0 Å². The van der Waals surface area contributed by atoms with E-state index in [0.29, 0.717) is 5.92 Å². The fourth-order valence-electron chi connectivity index (χ4n) is 3.94. The maximum atomic E-state index is 10.9. The highest BCUT2D eigenvalue weighted by molar-refractivity contribution is 5.29. The van der Waals surface area contributed by atoms with Gasteiger partial charge in [0.2, 0.25) is 0 Å². The SMILES string of the molecule is CCCCC#C[C@@]1(O)C[C@H]2CC[C@@]1(C)C2(C)C. The standard InChI is InChI=1S/C16H26O/c1-5-6-7-8-10-16(17)12-13-9-11-15(16,4)14(13,2)3/h13,17H,5-7,9,11-12H2,1-4H3/t13-,15+,16-/m1/s1. The lowest BCUT2D eigenvalue weighted by atomic mass is 9.64. The average Bonchev–Trinajstić information content (AvgIpc) is 2.56. The van der Waals surface area contributed by atoms with Crippen LogP contribution in [-0.2, 0) is 0 Å². The zero-order valence-corrected chi connectivity index (χ0v) is 11.8. The Morgan fingerprint density at radius 2 is 2.00 bits per heavy atom. The third-order valence-electron chi connectivity index (χ3n) is 5.84. The van der Waals surface area contributed by atoms with Gasteiger partial charge in [0.1, 0.15) is 5.60 Å². The Morgan fingerprint density at radius 1 is 1.29 bits per heavy atom. The number of aliphatic hydroxyl groups is 1. The molecule has 96 valence electrons. The van der Waals surface area contributed by atoms with Crippen molar-refractivity contribution in [2.24, 2.45) is 16.7 Å². The number of rotatable bonds is 2. The normalized spacial score (nSPS) is 42.3. The van der Waals surface area contributed by atoms with Gasteiger partial charge in [0.25, 0.3) is 0 Å². The van der Waals surface area contributed by atoms with Crippen LogP contribution in [0.15, 0.2) is 0 Å². The molecule has 2 fully saturated rings. The van der Waals surface area contributed by atoms with E-state index in [1.165, 1.54) is 12.8 Å². The van der Waals surface area contributed by atoms with Crippen LogP contribution in [-0.4, -0.2) is 10.7 Å². The molecule has 0 aromatic rings. The lowest BCUT2D eigenvalue weighted by Gasteiger charge is -2.42. The van der Waals surface area contributed by atoms with Crippen LogP contribution in [0, 0.1) is 28.6 Å². The third kappa shape index (κ3) is 1.65. The summed E-state index contributed by atoms with van der Waals surface area (Å²) in [4.78, 5) is 0. The Kier molecular flexibility index (Phi) is 3.07. The molecule has 2 saturated carbocycles. The fourth-order valence-corrected chi connectivity index (χ4v) is 3.94. The molecule has 17 heavy (non-hydrogen) atoms. The minimum absolute atomic E-state index is 0.0100. The lowest BCUT2D eigenvalue weighted by Crippen LogP contribution is -2.46. The summed E-state index contributed by atoms with van der Waals surface area (Å²) >= 11 is 0. The second kappa shape index (κ2) is 4.02. The third-order valence-corrected chi connectivity index (χ3v) is 5.84. The highest BCUT2D eigenvalue weighted by Crippen LogP contribution is 2.69. The molecule has 2 bridgehead atoms. The van der Waals surface area contributed by atoms with E-state index in [1.807, 2.05) is 0 Å². The van der Waals surface area contributed by atoms with Crippen LogP contribution >= 0.6 is 0 Å². The van der Waals surface area contributed by atoms with Crippen molar-refractivity contribution in [3.8, 4) is 11.8 Å². The first-order valence-electron chi connectivity index (χ1n) is 7.10. The molecule has 1 heteroatoms. The summed E-state index contributed by atoms with van der Waals surface area (Å²) in [7, 11) is 0. The van der Waals surface area contributed by atoms with Crippen molar-refractivity contribution >= 4 is 0 Å². The summed E-state index contributed by atoms with van der Waals surface area (Å²) in [6.45, 7) is 9.06. The quantitative estimate of drug-likeness (QED) is 0.570. The van der Waals surface area contributed by atoms with Crippen molar-refractivity contribution < 1.29 is 5.11 Å². The Bertz CT molecular complexity index is 359. The summed E-state index contributed by atoms with van der Waals surface area (Å²) in [5.41, 5.74) is -0.502. The second-order valence-corrected chi connectivity index (χ2v) is 6.76. The summed E-state index contributed by atoms with van der Waals surface area (Å²) in [5, 5.41) is 10.9. The van der Waals surface area contributed by atoms with E-state index in [0.717, 1.165) is 25.7 Å². The monoisotopic (exact) mass is 234 g/mol. The van der Waals surface area contributed by atoms with E-state index >= 15 is 0 Å².